The molecule has 2 aromatic carbocycles. The Morgan fingerprint density at radius 1 is 1.21 bits per heavy atom. The number of methoxy groups -OCH3 is 1. The lowest BCUT2D eigenvalue weighted by Crippen LogP contribution is -2.45. The van der Waals surface area contributed by atoms with Crippen LogP contribution >= 0.6 is 0 Å². The number of halogens is 1. The third-order valence-electron chi connectivity index (χ3n) is 5.49. The summed E-state index contributed by atoms with van der Waals surface area (Å²) in [5.74, 6) is -0.749. The number of hydrogen-bond acceptors (Lipinski definition) is 4. The van der Waals surface area contributed by atoms with E-state index in [2.05, 4.69) is 0 Å². The summed E-state index contributed by atoms with van der Waals surface area (Å²) in [5, 5.41) is 0. The number of hydrogen-bond donors (Lipinski definition) is 0. The summed E-state index contributed by atoms with van der Waals surface area (Å²) in [6.45, 7) is 1.54. The first-order chi connectivity index (χ1) is 14.1. The lowest BCUT2D eigenvalue weighted by atomic mass is 10.1. The van der Waals surface area contributed by atoms with Crippen molar-refractivity contribution in [2.45, 2.75) is 25.1 Å². The van der Waals surface area contributed by atoms with E-state index >= 15 is 0 Å². The number of ether oxygens (including phenoxy) is 2. The molecule has 0 spiro atoms. The van der Waals surface area contributed by atoms with E-state index in [1.54, 1.807) is 11.0 Å². The molecule has 152 valence electrons. The number of amides is 2. The van der Waals surface area contributed by atoms with E-state index in [0.717, 1.165) is 5.56 Å². The maximum atomic E-state index is 14.0. The van der Waals surface area contributed by atoms with Gasteiger partial charge in [-0.25, -0.2) is 4.39 Å². The van der Waals surface area contributed by atoms with Crippen molar-refractivity contribution in [3.8, 4) is 5.75 Å². The molecule has 0 bridgehead atoms. The smallest absolute Gasteiger partial charge is 0.254 e. The van der Waals surface area contributed by atoms with Crippen LogP contribution < -0.4 is 4.74 Å². The Balaban J connectivity index is 1.54. The molecule has 2 aliphatic heterocycles. The van der Waals surface area contributed by atoms with E-state index in [1.807, 2.05) is 35.2 Å². The Bertz CT molecular complexity index is 905. The molecule has 2 heterocycles. The first-order valence-corrected chi connectivity index (χ1v) is 9.64. The van der Waals surface area contributed by atoms with Crippen molar-refractivity contribution in [1.29, 1.82) is 0 Å². The topological polar surface area (TPSA) is 59.1 Å². The second-order valence-corrected chi connectivity index (χ2v) is 7.29. The van der Waals surface area contributed by atoms with E-state index in [9.17, 15) is 14.0 Å². The standard InChI is InChI=1S/C22H23FN2O4/c1-28-19-8-7-16(11-17(19)23)22(27)24-13-18-20(14-24)29-10-9-21(26)25(18)12-15-5-3-2-4-6-15/h2-8,11,18,20H,9-10,12-14H2,1H3/t18-,20-/m0/s1. The zero-order valence-electron chi connectivity index (χ0n) is 16.2. The number of nitrogens with zero attached hydrogens (tertiary/aromatic N) is 2. The van der Waals surface area contributed by atoms with Crippen LogP contribution in [-0.4, -0.2) is 60.6 Å². The largest absolute Gasteiger partial charge is 0.494 e. The Morgan fingerprint density at radius 2 is 2.00 bits per heavy atom. The molecular formula is C22H23FN2O4. The molecule has 0 unspecified atom stereocenters. The van der Waals surface area contributed by atoms with Crippen LogP contribution in [0.4, 0.5) is 4.39 Å². The van der Waals surface area contributed by atoms with Gasteiger partial charge in [0.25, 0.3) is 5.91 Å². The highest BCUT2D eigenvalue weighted by Crippen LogP contribution is 2.27. The lowest BCUT2D eigenvalue weighted by molar-refractivity contribution is -0.133. The molecule has 4 rings (SSSR count). The van der Waals surface area contributed by atoms with E-state index in [0.29, 0.717) is 32.7 Å². The van der Waals surface area contributed by atoms with Gasteiger partial charge in [-0.15, -0.1) is 0 Å². The van der Waals surface area contributed by atoms with Gasteiger partial charge in [0.1, 0.15) is 0 Å². The van der Waals surface area contributed by atoms with Gasteiger partial charge in [0.05, 0.1) is 32.3 Å². The molecular weight excluding hydrogens is 375 g/mol. The van der Waals surface area contributed by atoms with Gasteiger partial charge in [-0.3, -0.25) is 9.59 Å². The van der Waals surface area contributed by atoms with E-state index in [1.165, 1.54) is 19.2 Å². The molecule has 2 aliphatic rings. The van der Waals surface area contributed by atoms with Gasteiger partial charge in [-0.2, -0.15) is 0 Å². The molecule has 2 aromatic rings. The molecule has 7 heteroatoms. The first-order valence-electron chi connectivity index (χ1n) is 9.64. The molecule has 6 nitrogen and oxygen atoms in total. The van der Waals surface area contributed by atoms with Gasteiger partial charge < -0.3 is 19.3 Å². The predicted molar refractivity (Wildman–Crippen MR) is 104 cm³/mol. The van der Waals surface area contributed by atoms with Gasteiger partial charge >= 0.3 is 0 Å². The van der Waals surface area contributed by atoms with Crippen molar-refractivity contribution in [3.63, 3.8) is 0 Å². The fourth-order valence-corrected chi connectivity index (χ4v) is 3.98. The minimum atomic E-state index is -0.580. The van der Waals surface area contributed by atoms with Gasteiger partial charge in [0, 0.05) is 25.2 Å². The second kappa shape index (κ2) is 8.21. The Labute approximate surface area is 168 Å². The summed E-state index contributed by atoms with van der Waals surface area (Å²) in [5.41, 5.74) is 1.28. The van der Waals surface area contributed by atoms with Crippen LogP contribution in [0.2, 0.25) is 0 Å². The fourth-order valence-electron chi connectivity index (χ4n) is 3.98. The predicted octanol–water partition coefficient (Wildman–Crippen LogP) is 2.48. The van der Waals surface area contributed by atoms with Gasteiger partial charge in [0.15, 0.2) is 11.6 Å². The van der Waals surface area contributed by atoms with Crippen LogP contribution in [0, 0.1) is 5.82 Å². The monoisotopic (exact) mass is 398 g/mol. The summed E-state index contributed by atoms with van der Waals surface area (Å²) < 4.78 is 24.8. The molecule has 0 aromatic heterocycles. The molecule has 0 radical (unpaired) electrons. The number of fused-ring (bicyclic) bond motifs is 1. The maximum Gasteiger partial charge on any atom is 0.254 e. The molecule has 2 saturated heterocycles. The Kier molecular flexibility index (Phi) is 5.49. The molecule has 0 aliphatic carbocycles. The van der Waals surface area contributed by atoms with Crippen LogP contribution in [0.5, 0.6) is 5.75 Å². The van der Waals surface area contributed by atoms with Crippen LogP contribution in [0.15, 0.2) is 48.5 Å². The van der Waals surface area contributed by atoms with Crippen LogP contribution in [0.1, 0.15) is 22.3 Å². The van der Waals surface area contributed by atoms with Crippen molar-refractivity contribution >= 4 is 11.8 Å². The molecule has 2 amide bonds. The van der Waals surface area contributed by atoms with Crippen LogP contribution in [0.3, 0.4) is 0 Å². The summed E-state index contributed by atoms with van der Waals surface area (Å²) in [6.07, 6.45) is 0.0782. The molecule has 29 heavy (non-hydrogen) atoms. The lowest BCUT2D eigenvalue weighted by Gasteiger charge is -2.29. The molecule has 2 fully saturated rings. The minimum Gasteiger partial charge on any atom is -0.494 e. The van der Waals surface area contributed by atoms with Crippen molar-refractivity contribution in [2.75, 3.05) is 26.8 Å². The number of carbonyl (C=O) groups is 2. The van der Waals surface area contributed by atoms with Crippen molar-refractivity contribution in [3.05, 3.63) is 65.5 Å². The normalized spacial score (nSPS) is 21.7. The van der Waals surface area contributed by atoms with Gasteiger partial charge in [-0.05, 0) is 23.8 Å². The maximum absolute atomic E-state index is 14.0. The Hall–Kier alpha value is -2.93. The minimum absolute atomic E-state index is 0.0196. The van der Waals surface area contributed by atoms with E-state index < -0.39 is 5.82 Å². The quantitative estimate of drug-likeness (QED) is 0.794. The SMILES string of the molecule is COc1ccc(C(=O)N2C[C@@H]3OCCC(=O)N(Cc4ccccc4)[C@H]3C2)cc1F. The molecule has 0 saturated carbocycles. The highest BCUT2D eigenvalue weighted by Gasteiger charge is 2.43. The molecule has 0 N–H and O–H groups in total. The van der Waals surface area contributed by atoms with E-state index in [-0.39, 0.29) is 35.3 Å². The number of benzene rings is 2. The first kappa shape index (κ1) is 19.4. The third kappa shape index (κ3) is 3.96. The van der Waals surface area contributed by atoms with Crippen molar-refractivity contribution < 1.29 is 23.5 Å². The van der Waals surface area contributed by atoms with Crippen molar-refractivity contribution in [2.24, 2.45) is 0 Å². The van der Waals surface area contributed by atoms with Gasteiger partial charge in [-0.1, -0.05) is 30.3 Å². The third-order valence-corrected chi connectivity index (χ3v) is 5.49. The second-order valence-electron chi connectivity index (χ2n) is 7.29. The van der Waals surface area contributed by atoms with E-state index in [4.69, 9.17) is 9.47 Å². The Morgan fingerprint density at radius 3 is 2.72 bits per heavy atom. The highest BCUT2D eigenvalue weighted by molar-refractivity contribution is 5.94. The number of likely N-dealkylation sites (tertiary alicyclic amines) is 1. The summed E-state index contributed by atoms with van der Waals surface area (Å²) in [6, 6.07) is 13.7. The fraction of sp³-hybridized carbons (Fsp3) is 0.364. The van der Waals surface area contributed by atoms with Crippen molar-refractivity contribution in [1.82, 2.24) is 9.80 Å². The number of rotatable bonds is 4. The summed E-state index contributed by atoms with van der Waals surface area (Å²) >= 11 is 0. The summed E-state index contributed by atoms with van der Waals surface area (Å²) in [4.78, 5) is 29.1. The average Bonchev–Trinajstić information content (AvgIpc) is 3.10. The summed E-state index contributed by atoms with van der Waals surface area (Å²) in [7, 11) is 1.38. The van der Waals surface area contributed by atoms with Crippen LogP contribution in [0.25, 0.3) is 0 Å². The zero-order chi connectivity index (χ0) is 20.4. The number of carbonyl (C=O) groups excluding carboxylic acids is 2. The highest BCUT2D eigenvalue weighted by atomic mass is 19.1. The molecule has 2 atom stereocenters. The zero-order valence-corrected chi connectivity index (χ0v) is 16.2. The average molecular weight is 398 g/mol. The van der Waals surface area contributed by atoms with Crippen LogP contribution in [-0.2, 0) is 16.1 Å². The van der Waals surface area contributed by atoms with Gasteiger partial charge in [0.2, 0.25) is 5.91 Å².